The molecule has 6 aromatic rings. The van der Waals surface area contributed by atoms with Crippen molar-refractivity contribution in [3.05, 3.63) is 136 Å². The van der Waals surface area contributed by atoms with Crippen molar-refractivity contribution in [2.24, 2.45) is 0 Å². The summed E-state index contributed by atoms with van der Waals surface area (Å²) in [5, 5.41) is 38.3. The Labute approximate surface area is 428 Å². The largest absolute Gasteiger partial charge is 0.490 e. The van der Waals surface area contributed by atoms with E-state index in [0.29, 0.717) is 52.3 Å². The molecule has 73 heavy (non-hydrogen) atoms. The molecule has 2 atom stereocenters. The molecule has 20 heteroatoms. The van der Waals surface area contributed by atoms with Gasteiger partial charge in [-0.1, -0.05) is 73.0 Å². The van der Waals surface area contributed by atoms with Gasteiger partial charge in [0.1, 0.15) is 5.15 Å². The number of amides is 2. The molecule has 376 valence electrons. The van der Waals surface area contributed by atoms with Gasteiger partial charge in [0.25, 0.3) is 11.8 Å². The summed E-state index contributed by atoms with van der Waals surface area (Å²) in [7, 11) is 1.85. The van der Waals surface area contributed by atoms with Gasteiger partial charge in [-0.15, -0.1) is 0 Å². The van der Waals surface area contributed by atoms with Crippen LogP contribution in [0.1, 0.15) is 77.6 Å². The summed E-state index contributed by atoms with van der Waals surface area (Å²) >= 11 is 6.02. The van der Waals surface area contributed by atoms with Crippen LogP contribution in [0.2, 0.25) is 5.15 Å². The Balaban J connectivity index is 0.000000228. The van der Waals surface area contributed by atoms with E-state index in [2.05, 4.69) is 53.6 Å². The number of carbonyl (C=O) groups excluding carboxylic acids is 4. The number of halogens is 1. The minimum absolute atomic E-state index is 0. The normalized spacial score (nSPS) is 16.5. The minimum atomic E-state index is -1.68. The summed E-state index contributed by atoms with van der Waals surface area (Å²) < 4.78 is 10.1. The molecule has 0 radical (unpaired) electrons. The Kier molecular flexibility index (Phi) is 19.2. The number of aromatic nitrogens is 6. The lowest BCUT2D eigenvalue weighted by Gasteiger charge is -2.13. The predicted molar refractivity (Wildman–Crippen MR) is 274 cm³/mol. The van der Waals surface area contributed by atoms with Crippen LogP contribution in [0.4, 0.5) is 0 Å². The number of carbonyl (C=O) groups is 4. The molecule has 2 aliphatic heterocycles. The van der Waals surface area contributed by atoms with Gasteiger partial charge in [-0.3, -0.25) is 19.6 Å². The summed E-state index contributed by atoms with van der Waals surface area (Å²) in [6, 6.07) is 24.0. The van der Waals surface area contributed by atoms with Crippen molar-refractivity contribution in [1.82, 2.24) is 39.7 Å². The summed E-state index contributed by atoms with van der Waals surface area (Å²) in [5.74, 6) is 9.72. The van der Waals surface area contributed by atoms with E-state index in [1.54, 1.807) is 101 Å². The van der Waals surface area contributed by atoms with E-state index in [9.17, 15) is 29.4 Å². The van der Waals surface area contributed by atoms with Gasteiger partial charge in [-0.25, -0.2) is 29.5 Å². The van der Waals surface area contributed by atoms with Gasteiger partial charge in [0.2, 0.25) is 11.2 Å². The van der Waals surface area contributed by atoms with Gasteiger partial charge in [0.05, 0.1) is 18.9 Å². The van der Waals surface area contributed by atoms with Gasteiger partial charge in [-0.2, -0.15) is 0 Å². The Morgan fingerprint density at radius 2 is 1.15 bits per heavy atom. The van der Waals surface area contributed by atoms with Gasteiger partial charge >= 0.3 is 19.1 Å². The zero-order valence-corrected chi connectivity index (χ0v) is 41.0. The fraction of sp³-hybridized carbons (Fsp3) is 0.283. The molecule has 0 spiro atoms. The van der Waals surface area contributed by atoms with Crippen LogP contribution in [0, 0.1) is 37.5 Å². The molecule has 2 aromatic carbocycles. The van der Waals surface area contributed by atoms with Crippen LogP contribution in [-0.2, 0) is 19.1 Å². The number of pyridine rings is 2. The number of aliphatic hydroxyl groups is 2. The third kappa shape index (κ3) is 14.6. The molecule has 2 saturated heterocycles. The molecule has 0 bridgehead atoms. The minimum Gasteiger partial charge on any atom is -0.461 e. The molecule has 4 N–H and O–H groups in total. The van der Waals surface area contributed by atoms with Gasteiger partial charge in [0, 0.05) is 103 Å². The van der Waals surface area contributed by atoms with E-state index in [1.165, 1.54) is 22.1 Å². The van der Waals surface area contributed by atoms with Gasteiger partial charge in [-0.05, 0) is 76.2 Å². The lowest BCUT2D eigenvalue weighted by atomic mass is 9.82. The third-order valence-corrected chi connectivity index (χ3v) is 11.1. The predicted octanol–water partition coefficient (Wildman–Crippen LogP) is 4.26. The first kappa shape index (κ1) is 56.0. The van der Waals surface area contributed by atoms with Gasteiger partial charge in [0.15, 0.2) is 23.0 Å². The summed E-state index contributed by atoms with van der Waals surface area (Å²) in [5.41, 5.74) is 2.61. The third-order valence-electron chi connectivity index (χ3n) is 10.9. The first-order valence-electron chi connectivity index (χ1n) is 22.5. The monoisotopic (exact) mass is 1010 g/mol. The average molecular weight is 1010 g/mol. The van der Waals surface area contributed by atoms with Crippen molar-refractivity contribution in [3.63, 3.8) is 0 Å². The molecule has 2 fully saturated rings. The topological polar surface area (TPSA) is 251 Å². The standard InChI is InChI=1S/C26H24N4O4.C20H18ClN3O4.C6H8BNO2.CH4/c1-4-34-24(31)22-15-21(20-9-8-17(2)27-16-20)28-23(29-22)19-7-5-6-18(14-19)10-11-26(33)12-13-30(3)25(26)32;1-3-28-18(25)15-12-16(21)23-17(22-15)14-6-4-5-13(11-14)7-8-20(27)9-10-24(2)19(20)26;1-5-2-3-6(4-8-5)7(9)10;/h5-9,14-16,33H,4,12-13H2,1-3H3;4-6,11-12,27H,3,9-10H2,1-2H3;2-4,9-10H,1H3;1H4/t26-;20-;;/m00../s1. The number of likely N-dealkylation sites (N-methyl/N-ethyl adjacent to an activating group) is 2. The molecule has 18 nitrogen and oxygen atoms in total. The smallest absolute Gasteiger partial charge is 0.461 e. The number of esters is 2. The van der Waals surface area contributed by atoms with Crippen molar-refractivity contribution >= 4 is 47.9 Å². The maximum atomic E-state index is 12.5. The Bertz CT molecular complexity index is 3100. The van der Waals surface area contributed by atoms with Gasteiger partial charge < -0.3 is 39.5 Å². The first-order chi connectivity index (χ1) is 34.3. The average Bonchev–Trinajstić information content (AvgIpc) is 3.79. The maximum Gasteiger partial charge on any atom is 0.490 e. The quantitative estimate of drug-likeness (QED) is 0.0720. The summed E-state index contributed by atoms with van der Waals surface area (Å²) in [6.07, 6.45) is 3.65. The highest BCUT2D eigenvalue weighted by Crippen LogP contribution is 2.26. The number of nitrogens with zero attached hydrogens (tertiary/aromatic N) is 8. The highest BCUT2D eigenvalue weighted by atomic mass is 35.5. The molecular weight excluding hydrogens is 955 g/mol. The van der Waals surface area contributed by atoms with E-state index in [0.717, 1.165) is 17.0 Å². The van der Waals surface area contributed by atoms with Crippen molar-refractivity contribution in [2.75, 3.05) is 40.4 Å². The van der Waals surface area contributed by atoms with E-state index >= 15 is 0 Å². The number of hydrogen-bond acceptors (Lipinski definition) is 16. The number of rotatable bonds is 8. The number of likely N-dealkylation sites (tertiary alicyclic amines) is 2. The lowest BCUT2D eigenvalue weighted by molar-refractivity contribution is -0.138. The highest BCUT2D eigenvalue weighted by molar-refractivity contribution is 6.58. The molecule has 4 aromatic heterocycles. The Morgan fingerprint density at radius 1 is 0.671 bits per heavy atom. The molecule has 8 rings (SSSR count). The number of benzene rings is 2. The second kappa shape index (κ2) is 25.0. The van der Waals surface area contributed by atoms with Crippen LogP contribution in [0.25, 0.3) is 34.0 Å². The van der Waals surface area contributed by atoms with Crippen LogP contribution in [0.3, 0.4) is 0 Å². The zero-order chi connectivity index (χ0) is 52.2. The maximum absolute atomic E-state index is 12.5. The van der Waals surface area contributed by atoms with Crippen molar-refractivity contribution in [3.8, 4) is 57.7 Å². The van der Waals surface area contributed by atoms with Crippen molar-refractivity contribution < 1.29 is 48.9 Å². The highest BCUT2D eigenvalue weighted by Gasteiger charge is 2.43. The van der Waals surface area contributed by atoms with Crippen LogP contribution < -0.4 is 5.46 Å². The second-order valence-electron chi connectivity index (χ2n) is 16.4. The van der Waals surface area contributed by atoms with Crippen LogP contribution in [0.15, 0.2) is 97.3 Å². The number of ether oxygens (including phenoxy) is 2. The molecular formula is C53H54BClN8O10. The van der Waals surface area contributed by atoms with Crippen molar-refractivity contribution in [2.45, 2.75) is 59.2 Å². The molecule has 0 aliphatic carbocycles. The molecule has 0 unspecified atom stereocenters. The van der Waals surface area contributed by atoms with E-state index < -0.39 is 42.1 Å². The fourth-order valence-corrected chi connectivity index (χ4v) is 7.09. The SMILES string of the molecule is C.CCOC(=O)c1cc(-c2ccc(C)nc2)nc(-c2cccc(C#C[C@]3(O)CCN(C)C3=O)c2)n1.CCOC(=O)c1cc(Cl)nc(-c2cccc(C#C[C@]3(O)CCN(C)C3=O)c2)n1.Cc1ccc(B(O)O)cn1. The second-order valence-corrected chi connectivity index (χ2v) is 16.8. The molecule has 6 heterocycles. The molecule has 0 saturated carbocycles. The summed E-state index contributed by atoms with van der Waals surface area (Å²) in [6.45, 7) is 8.51. The lowest BCUT2D eigenvalue weighted by Crippen LogP contribution is -2.37. The van der Waals surface area contributed by atoms with E-state index in [-0.39, 0.29) is 55.8 Å². The van der Waals surface area contributed by atoms with Crippen LogP contribution in [-0.4, -0.2) is 142 Å². The van der Waals surface area contributed by atoms with Crippen LogP contribution >= 0.6 is 11.6 Å². The summed E-state index contributed by atoms with van der Waals surface area (Å²) in [4.78, 5) is 77.1. The fourth-order valence-electron chi connectivity index (χ4n) is 6.90. The zero-order valence-electron chi connectivity index (χ0n) is 40.3. The molecule has 2 aliphatic rings. The van der Waals surface area contributed by atoms with Crippen molar-refractivity contribution in [1.29, 1.82) is 0 Å². The van der Waals surface area contributed by atoms with E-state index in [4.69, 9.17) is 31.1 Å². The Hall–Kier alpha value is -7.91. The Morgan fingerprint density at radius 3 is 1.58 bits per heavy atom. The number of aryl methyl sites for hydroxylation is 2. The molecule has 2 amide bonds. The number of hydrogen-bond donors (Lipinski definition) is 4. The first-order valence-corrected chi connectivity index (χ1v) is 22.9. The van der Waals surface area contributed by atoms with E-state index in [1.807, 2.05) is 26.0 Å². The van der Waals surface area contributed by atoms with Crippen LogP contribution in [0.5, 0.6) is 0 Å².